The number of hydrogen-bond acceptors (Lipinski definition) is 6. The Morgan fingerprint density at radius 3 is 2.52 bits per heavy atom. The molecule has 2 amide bonds. The van der Waals surface area contributed by atoms with Crippen molar-refractivity contribution in [3.05, 3.63) is 101 Å². The third-order valence-corrected chi connectivity index (χ3v) is 9.51. The van der Waals surface area contributed by atoms with E-state index in [2.05, 4.69) is 16.7 Å². The predicted molar refractivity (Wildman–Crippen MR) is 176 cm³/mol. The number of benzene rings is 3. The fraction of sp³-hybridized carbons (Fsp3) is 0.459. The molecule has 1 aliphatic carbocycles. The highest BCUT2D eigenvalue weighted by molar-refractivity contribution is 6.00. The second kappa shape index (κ2) is 15.7. The van der Waals surface area contributed by atoms with Crippen molar-refractivity contribution in [2.45, 2.75) is 75.1 Å². The summed E-state index contributed by atoms with van der Waals surface area (Å²) in [5.74, 6) is -0.883. The molecule has 3 aromatic carbocycles. The van der Waals surface area contributed by atoms with Crippen LogP contribution in [0.4, 0.5) is 4.39 Å². The van der Waals surface area contributed by atoms with E-state index in [-0.39, 0.29) is 35.2 Å². The van der Waals surface area contributed by atoms with E-state index in [9.17, 15) is 14.7 Å². The number of carbonyl (C=O) groups excluding carboxylic acids is 2. The summed E-state index contributed by atoms with van der Waals surface area (Å²) in [5, 5.41) is 18.2. The Labute approximate surface area is 271 Å². The first-order valence-electron chi connectivity index (χ1n) is 16.4. The molecule has 8 nitrogen and oxygen atoms in total. The number of halogens is 1. The highest BCUT2D eigenvalue weighted by Crippen LogP contribution is 2.38. The summed E-state index contributed by atoms with van der Waals surface area (Å²) >= 11 is 0. The van der Waals surface area contributed by atoms with Gasteiger partial charge in [0, 0.05) is 31.3 Å². The van der Waals surface area contributed by atoms with Gasteiger partial charge in [0.1, 0.15) is 11.6 Å². The number of carbonyl (C=O) groups is 2. The largest absolute Gasteiger partial charge is 0.497 e. The molecule has 0 spiro atoms. The van der Waals surface area contributed by atoms with E-state index in [1.165, 1.54) is 12.1 Å². The molecule has 1 saturated heterocycles. The minimum Gasteiger partial charge on any atom is -0.497 e. The number of methoxy groups -OCH3 is 2. The Morgan fingerprint density at radius 2 is 1.78 bits per heavy atom. The van der Waals surface area contributed by atoms with E-state index in [0.717, 1.165) is 67.9 Å². The Morgan fingerprint density at radius 1 is 1.00 bits per heavy atom. The summed E-state index contributed by atoms with van der Waals surface area (Å²) in [6, 6.07) is 20.7. The molecule has 3 N–H and O–H groups in total. The van der Waals surface area contributed by atoms with Crippen LogP contribution in [0.2, 0.25) is 0 Å². The SMILES string of the molecule is COC[C@H]1CCCN1C(=O)c1ccc(F)c(C(=O)N[C@@H](Cc2ccccc2)[C@H](O)CNC2(c3cccc(OC)c3)CCCCC2)c1. The van der Waals surface area contributed by atoms with E-state index in [4.69, 9.17) is 9.47 Å². The molecule has 5 rings (SSSR count). The summed E-state index contributed by atoms with van der Waals surface area (Å²) in [7, 11) is 3.25. The van der Waals surface area contributed by atoms with Gasteiger partial charge in [0.15, 0.2) is 0 Å². The molecular weight excluding hydrogens is 585 g/mol. The van der Waals surface area contributed by atoms with Gasteiger partial charge in [-0.25, -0.2) is 4.39 Å². The molecule has 0 bridgehead atoms. The van der Waals surface area contributed by atoms with Crippen molar-refractivity contribution in [1.82, 2.24) is 15.5 Å². The molecule has 1 saturated carbocycles. The number of rotatable bonds is 13. The molecule has 46 heavy (non-hydrogen) atoms. The minimum absolute atomic E-state index is 0.0536. The molecule has 246 valence electrons. The number of likely N-dealkylation sites (tertiary alicyclic amines) is 1. The lowest BCUT2D eigenvalue weighted by Gasteiger charge is -2.40. The maximum Gasteiger partial charge on any atom is 0.254 e. The van der Waals surface area contributed by atoms with Crippen LogP contribution in [0, 0.1) is 5.82 Å². The zero-order chi connectivity index (χ0) is 32.5. The predicted octanol–water partition coefficient (Wildman–Crippen LogP) is 5.24. The zero-order valence-corrected chi connectivity index (χ0v) is 26.8. The van der Waals surface area contributed by atoms with Crippen molar-refractivity contribution in [2.75, 3.05) is 33.9 Å². The maximum absolute atomic E-state index is 15.1. The standard InChI is InChI=1S/C37H46FN3O5/c1-45-25-29-14-10-20-41(29)36(44)27-16-17-32(38)31(22-27)35(43)40-33(21-26-11-5-3-6-12-26)34(42)24-39-37(18-7-4-8-19-37)28-13-9-15-30(23-28)46-2/h3,5-6,9,11-13,15-17,22-23,29,33-34,39,42H,4,7-8,10,14,18-21,24-25H2,1-2H3,(H,40,43)/t29-,33+,34-/m1/s1. The number of hydrogen-bond donors (Lipinski definition) is 3. The minimum atomic E-state index is -0.985. The average Bonchev–Trinajstić information content (AvgIpc) is 3.56. The van der Waals surface area contributed by atoms with Crippen LogP contribution >= 0.6 is 0 Å². The molecule has 1 heterocycles. The second-order valence-electron chi connectivity index (χ2n) is 12.5. The molecule has 1 aliphatic heterocycles. The van der Waals surface area contributed by atoms with Crippen LogP contribution in [0.3, 0.4) is 0 Å². The molecule has 9 heteroatoms. The van der Waals surface area contributed by atoms with Crippen molar-refractivity contribution in [3.63, 3.8) is 0 Å². The third kappa shape index (κ3) is 7.94. The number of nitrogens with one attached hydrogen (secondary N) is 2. The number of nitrogens with zero attached hydrogens (tertiary/aromatic N) is 1. The van der Waals surface area contributed by atoms with Crippen LogP contribution in [-0.2, 0) is 16.7 Å². The normalized spacial score (nSPS) is 19.0. The number of aliphatic hydroxyl groups is 1. The van der Waals surface area contributed by atoms with Gasteiger partial charge < -0.3 is 30.1 Å². The molecule has 3 atom stereocenters. The summed E-state index contributed by atoms with van der Waals surface area (Å²) < 4.78 is 25.9. The van der Waals surface area contributed by atoms with Crippen molar-refractivity contribution in [2.24, 2.45) is 0 Å². The quantitative estimate of drug-likeness (QED) is 0.239. The Bertz CT molecular complexity index is 1460. The van der Waals surface area contributed by atoms with Gasteiger partial charge in [0.25, 0.3) is 11.8 Å². The summed E-state index contributed by atoms with van der Waals surface area (Å²) in [6.45, 7) is 1.22. The fourth-order valence-corrected chi connectivity index (χ4v) is 6.95. The third-order valence-electron chi connectivity index (χ3n) is 9.51. The lowest BCUT2D eigenvalue weighted by atomic mass is 9.76. The molecule has 0 unspecified atom stereocenters. The van der Waals surface area contributed by atoms with Crippen molar-refractivity contribution in [3.8, 4) is 5.75 Å². The van der Waals surface area contributed by atoms with E-state index >= 15 is 4.39 Å². The fourth-order valence-electron chi connectivity index (χ4n) is 6.95. The highest BCUT2D eigenvalue weighted by Gasteiger charge is 2.36. The monoisotopic (exact) mass is 631 g/mol. The van der Waals surface area contributed by atoms with Gasteiger partial charge in [0.05, 0.1) is 37.5 Å². The first-order chi connectivity index (χ1) is 22.3. The summed E-state index contributed by atoms with van der Waals surface area (Å²) in [6.07, 6.45) is 6.15. The lowest BCUT2D eigenvalue weighted by Crippen LogP contribution is -2.53. The zero-order valence-electron chi connectivity index (χ0n) is 26.8. The number of ether oxygens (including phenoxy) is 2. The van der Waals surface area contributed by atoms with Crippen molar-refractivity contribution in [1.29, 1.82) is 0 Å². The van der Waals surface area contributed by atoms with E-state index < -0.39 is 23.9 Å². The van der Waals surface area contributed by atoms with E-state index in [1.54, 1.807) is 19.1 Å². The molecule has 0 radical (unpaired) electrons. The second-order valence-corrected chi connectivity index (χ2v) is 12.5. The van der Waals surface area contributed by atoms with Crippen LogP contribution in [0.1, 0.15) is 76.8 Å². The van der Waals surface area contributed by atoms with Crippen LogP contribution in [0.5, 0.6) is 5.75 Å². The summed E-state index contributed by atoms with van der Waals surface area (Å²) in [5.41, 5.74) is 1.71. The number of amides is 2. The smallest absolute Gasteiger partial charge is 0.254 e. The molecule has 2 aliphatic rings. The molecule has 3 aromatic rings. The Kier molecular flexibility index (Phi) is 11.4. The van der Waals surface area contributed by atoms with Gasteiger partial charge in [-0.2, -0.15) is 0 Å². The Hall–Kier alpha value is -3.79. The van der Waals surface area contributed by atoms with Crippen LogP contribution in [-0.4, -0.2) is 73.9 Å². The lowest BCUT2D eigenvalue weighted by molar-refractivity contribution is 0.0630. The van der Waals surface area contributed by atoms with Gasteiger partial charge in [-0.15, -0.1) is 0 Å². The van der Waals surface area contributed by atoms with Crippen LogP contribution < -0.4 is 15.4 Å². The van der Waals surface area contributed by atoms with E-state index in [0.29, 0.717) is 19.6 Å². The maximum atomic E-state index is 15.1. The van der Waals surface area contributed by atoms with Crippen molar-refractivity contribution >= 4 is 11.8 Å². The van der Waals surface area contributed by atoms with Gasteiger partial charge in [-0.05, 0) is 73.6 Å². The van der Waals surface area contributed by atoms with Crippen LogP contribution in [0.15, 0.2) is 72.8 Å². The highest BCUT2D eigenvalue weighted by atomic mass is 19.1. The Balaban J connectivity index is 1.35. The van der Waals surface area contributed by atoms with Crippen molar-refractivity contribution < 1.29 is 28.6 Å². The molecule has 2 fully saturated rings. The van der Waals surface area contributed by atoms with E-state index in [1.807, 2.05) is 48.5 Å². The summed E-state index contributed by atoms with van der Waals surface area (Å²) in [4.78, 5) is 28.8. The topological polar surface area (TPSA) is 100 Å². The molecule has 0 aromatic heterocycles. The molecular formula is C37H46FN3O5. The number of aliphatic hydroxyl groups excluding tert-OH is 1. The average molecular weight is 632 g/mol. The van der Waals surface area contributed by atoms with Gasteiger partial charge >= 0.3 is 0 Å². The first kappa shape index (κ1) is 33.6. The first-order valence-corrected chi connectivity index (χ1v) is 16.4. The van der Waals surface area contributed by atoms with Crippen LogP contribution in [0.25, 0.3) is 0 Å². The van der Waals surface area contributed by atoms with Gasteiger partial charge in [0.2, 0.25) is 0 Å². The van der Waals surface area contributed by atoms with Gasteiger partial charge in [-0.3, -0.25) is 9.59 Å². The van der Waals surface area contributed by atoms with Gasteiger partial charge in [-0.1, -0.05) is 61.7 Å².